The standard InChI is InChI=1S/C22H26ClN5O3/c1-13-11-14(27-7-9-28(10-8-27)21(30)31-22(2,3)4)12-16-18(13)26-19(25-16)17-15(23)5-6-24-20(17)29/h5-6,11-12H,7-10H2,1-4H3,(H,24,29)(H,25,26). The van der Waals surface area contributed by atoms with Crippen molar-refractivity contribution in [1.29, 1.82) is 0 Å². The van der Waals surface area contributed by atoms with E-state index in [0.29, 0.717) is 42.6 Å². The number of fused-ring (bicyclic) bond motifs is 1. The first-order valence-corrected chi connectivity index (χ1v) is 10.6. The summed E-state index contributed by atoms with van der Waals surface area (Å²) in [6.45, 7) is 10.2. The van der Waals surface area contributed by atoms with Crippen molar-refractivity contribution in [3.8, 4) is 11.4 Å². The van der Waals surface area contributed by atoms with Crippen molar-refractivity contribution in [1.82, 2.24) is 19.9 Å². The Balaban J connectivity index is 1.56. The van der Waals surface area contributed by atoms with E-state index in [1.165, 1.54) is 6.20 Å². The monoisotopic (exact) mass is 443 g/mol. The Morgan fingerprint density at radius 3 is 2.55 bits per heavy atom. The van der Waals surface area contributed by atoms with E-state index in [9.17, 15) is 9.59 Å². The predicted octanol–water partition coefficient (Wildman–Crippen LogP) is 3.94. The Morgan fingerprint density at radius 1 is 1.19 bits per heavy atom. The molecule has 9 heteroatoms. The SMILES string of the molecule is Cc1cc(N2CCN(C(=O)OC(C)(C)C)CC2)cc2[nH]c(-c3c(Cl)cc[nH]c3=O)nc12. The molecule has 0 radical (unpaired) electrons. The Bertz CT molecular complexity index is 1190. The quantitative estimate of drug-likeness (QED) is 0.625. The van der Waals surface area contributed by atoms with Gasteiger partial charge in [-0.3, -0.25) is 4.79 Å². The summed E-state index contributed by atoms with van der Waals surface area (Å²) in [4.78, 5) is 39.0. The van der Waals surface area contributed by atoms with E-state index in [4.69, 9.17) is 16.3 Å². The number of H-pyrrole nitrogens is 2. The van der Waals surface area contributed by atoms with E-state index in [-0.39, 0.29) is 11.7 Å². The second-order valence-electron chi connectivity index (χ2n) is 8.73. The zero-order chi connectivity index (χ0) is 22.3. The highest BCUT2D eigenvalue weighted by Crippen LogP contribution is 2.29. The lowest BCUT2D eigenvalue weighted by atomic mass is 10.1. The molecule has 8 nitrogen and oxygen atoms in total. The molecule has 31 heavy (non-hydrogen) atoms. The van der Waals surface area contributed by atoms with Gasteiger partial charge in [0.1, 0.15) is 17.0 Å². The van der Waals surface area contributed by atoms with Crippen LogP contribution in [-0.2, 0) is 4.74 Å². The molecular weight excluding hydrogens is 418 g/mol. The van der Waals surface area contributed by atoms with Crippen LogP contribution in [0, 0.1) is 6.92 Å². The van der Waals surface area contributed by atoms with Crippen LogP contribution in [0.2, 0.25) is 5.02 Å². The number of aryl methyl sites for hydroxylation is 1. The highest BCUT2D eigenvalue weighted by molar-refractivity contribution is 6.33. The number of halogens is 1. The molecule has 0 bridgehead atoms. The van der Waals surface area contributed by atoms with Gasteiger partial charge in [-0.2, -0.15) is 0 Å². The molecule has 0 spiro atoms. The van der Waals surface area contributed by atoms with Crippen molar-refractivity contribution < 1.29 is 9.53 Å². The van der Waals surface area contributed by atoms with Gasteiger partial charge in [-0.15, -0.1) is 0 Å². The molecule has 1 aliphatic rings. The summed E-state index contributed by atoms with van der Waals surface area (Å²) < 4.78 is 5.48. The lowest BCUT2D eigenvalue weighted by molar-refractivity contribution is 0.0240. The van der Waals surface area contributed by atoms with Gasteiger partial charge in [0.15, 0.2) is 0 Å². The maximum absolute atomic E-state index is 12.3. The number of aromatic nitrogens is 3. The molecule has 0 aliphatic carbocycles. The minimum absolute atomic E-state index is 0.276. The minimum atomic E-state index is -0.502. The van der Waals surface area contributed by atoms with Crippen molar-refractivity contribution in [3.05, 3.63) is 45.3 Å². The fraction of sp³-hybridized carbons (Fsp3) is 0.409. The Morgan fingerprint density at radius 2 is 1.90 bits per heavy atom. The van der Waals surface area contributed by atoms with Crippen LogP contribution in [0.3, 0.4) is 0 Å². The van der Waals surface area contributed by atoms with E-state index in [0.717, 1.165) is 22.3 Å². The lowest BCUT2D eigenvalue weighted by Gasteiger charge is -2.36. The third-order valence-corrected chi connectivity index (χ3v) is 5.52. The minimum Gasteiger partial charge on any atom is -0.444 e. The number of carbonyl (C=O) groups is 1. The van der Waals surface area contributed by atoms with E-state index in [2.05, 4.69) is 25.9 Å². The number of aromatic amines is 2. The van der Waals surface area contributed by atoms with Gasteiger partial charge in [0.05, 0.1) is 16.1 Å². The molecule has 164 valence electrons. The van der Waals surface area contributed by atoms with Gasteiger partial charge in [-0.25, -0.2) is 9.78 Å². The van der Waals surface area contributed by atoms with Crippen LogP contribution in [0.1, 0.15) is 26.3 Å². The predicted molar refractivity (Wildman–Crippen MR) is 122 cm³/mol. The molecule has 2 aromatic heterocycles. The molecule has 0 saturated carbocycles. The van der Waals surface area contributed by atoms with Crippen molar-refractivity contribution >= 4 is 34.4 Å². The van der Waals surface area contributed by atoms with Crippen LogP contribution in [0.15, 0.2) is 29.2 Å². The zero-order valence-corrected chi connectivity index (χ0v) is 18.8. The number of hydrogen-bond donors (Lipinski definition) is 2. The average Bonchev–Trinajstić information content (AvgIpc) is 3.11. The molecule has 1 amide bonds. The average molecular weight is 444 g/mol. The number of anilines is 1. The fourth-order valence-electron chi connectivity index (χ4n) is 3.72. The summed E-state index contributed by atoms with van der Waals surface area (Å²) in [5.41, 5.74) is 3.20. The fourth-order valence-corrected chi connectivity index (χ4v) is 3.96. The number of nitrogens with zero attached hydrogens (tertiary/aromatic N) is 3. The number of benzene rings is 1. The molecule has 0 atom stereocenters. The van der Waals surface area contributed by atoms with Crippen LogP contribution in [0.5, 0.6) is 0 Å². The summed E-state index contributed by atoms with van der Waals surface area (Å²) in [5.74, 6) is 0.442. The molecule has 2 N–H and O–H groups in total. The maximum atomic E-state index is 12.3. The molecule has 1 aliphatic heterocycles. The number of nitrogens with one attached hydrogen (secondary N) is 2. The number of amides is 1. The molecule has 1 aromatic carbocycles. The zero-order valence-electron chi connectivity index (χ0n) is 18.1. The highest BCUT2D eigenvalue weighted by atomic mass is 35.5. The van der Waals surface area contributed by atoms with Crippen LogP contribution < -0.4 is 10.5 Å². The topological polar surface area (TPSA) is 94.3 Å². The van der Waals surface area contributed by atoms with E-state index >= 15 is 0 Å². The van der Waals surface area contributed by atoms with Gasteiger partial charge in [0.2, 0.25) is 0 Å². The number of hydrogen-bond acceptors (Lipinski definition) is 5. The van der Waals surface area contributed by atoms with Gasteiger partial charge in [0.25, 0.3) is 5.56 Å². The van der Waals surface area contributed by atoms with Gasteiger partial charge in [-0.05, 0) is 51.5 Å². The van der Waals surface area contributed by atoms with Crippen molar-refractivity contribution in [2.24, 2.45) is 0 Å². The summed E-state index contributed by atoms with van der Waals surface area (Å²) in [5, 5.41) is 0.346. The number of rotatable bonds is 2. The highest BCUT2D eigenvalue weighted by Gasteiger charge is 2.26. The van der Waals surface area contributed by atoms with E-state index in [1.54, 1.807) is 11.0 Å². The first-order chi connectivity index (χ1) is 14.6. The largest absolute Gasteiger partial charge is 0.444 e. The van der Waals surface area contributed by atoms with Crippen LogP contribution in [0.25, 0.3) is 22.4 Å². The van der Waals surface area contributed by atoms with Crippen LogP contribution in [-0.4, -0.2) is 57.7 Å². The normalized spacial score (nSPS) is 14.9. The summed E-state index contributed by atoms with van der Waals surface area (Å²) in [7, 11) is 0. The van der Waals surface area contributed by atoms with Crippen LogP contribution >= 0.6 is 11.6 Å². The number of piperazine rings is 1. The van der Waals surface area contributed by atoms with E-state index < -0.39 is 5.60 Å². The first kappa shape index (κ1) is 21.2. The van der Waals surface area contributed by atoms with E-state index in [1.807, 2.05) is 33.8 Å². The van der Waals surface area contributed by atoms with Gasteiger partial charge >= 0.3 is 6.09 Å². The first-order valence-electron chi connectivity index (χ1n) is 10.2. The molecule has 0 unspecified atom stereocenters. The van der Waals surface area contributed by atoms with Gasteiger partial charge in [0, 0.05) is 38.1 Å². The van der Waals surface area contributed by atoms with Gasteiger partial charge in [-0.1, -0.05) is 11.6 Å². The van der Waals surface area contributed by atoms with Crippen molar-refractivity contribution in [2.45, 2.75) is 33.3 Å². The van der Waals surface area contributed by atoms with Gasteiger partial charge < -0.3 is 24.5 Å². The molecule has 1 fully saturated rings. The second-order valence-corrected chi connectivity index (χ2v) is 9.14. The number of imidazole rings is 1. The van der Waals surface area contributed by atoms with Crippen molar-refractivity contribution in [3.63, 3.8) is 0 Å². The Hall–Kier alpha value is -3.00. The summed E-state index contributed by atoms with van der Waals surface area (Å²) in [6, 6.07) is 5.73. The number of pyridine rings is 1. The molecule has 3 aromatic rings. The summed E-state index contributed by atoms with van der Waals surface area (Å²) in [6.07, 6.45) is 1.24. The van der Waals surface area contributed by atoms with Crippen molar-refractivity contribution in [2.75, 3.05) is 31.1 Å². The maximum Gasteiger partial charge on any atom is 0.410 e. The number of ether oxygens (including phenoxy) is 1. The molecule has 4 rings (SSSR count). The number of carbonyl (C=O) groups excluding carboxylic acids is 1. The Kier molecular flexibility index (Phi) is 5.43. The molecular formula is C22H26ClN5O3. The Labute approximate surface area is 185 Å². The third-order valence-electron chi connectivity index (χ3n) is 5.21. The lowest BCUT2D eigenvalue weighted by Crippen LogP contribution is -2.50. The molecule has 1 saturated heterocycles. The smallest absolute Gasteiger partial charge is 0.410 e. The van der Waals surface area contributed by atoms with Crippen LogP contribution in [0.4, 0.5) is 10.5 Å². The second kappa shape index (κ2) is 7.92. The molecule has 3 heterocycles. The summed E-state index contributed by atoms with van der Waals surface area (Å²) >= 11 is 6.23. The third kappa shape index (κ3) is 4.39.